The maximum atomic E-state index is 11.9. The van der Waals surface area contributed by atoms with Gasteiger partial charge in [-0.25, -0.2) is 0 Å². The van der Waals surface area contributed by atoms with Gasteiger partial charge in [0, 0.05) is 41.0 Å². The first-order valence-electron chi connectivity index (χ1n) is 7.09. The van der Waals surface area contributed by atoms with Crippen LogP contribution < -0.4 is 16.2 Å². The third kappa shape index (κ3) is 5.47. The van der Waals surface area contributed by atoms with E-state index in [0.29, 0.717) is 11.1 Å². The van der Waals surface area contributed by atoms with Gasteiger partial charge in [0.1, 0.15) is 0 Å². The van der Waals surface area contributed by atoms with E-state index < -0.39 is 11.8 Å². The van der Waals surface area contributed by atoms with Crippen LogP contribution in [0.3, 0.4) is 0 Å². The second-order valence-electron chi connectivity index (χ2n) is 4.75. The smallest absolute Gasteiger partial charge is 0.269 e. The third-order valence-corrected chi connectivity index (χ3v) is 3.53. The first-order valence-corrected chi connectivity index (χ1v) is 7.88. The van der Waals surface area contributed by atoms with Gasteiger partial charge >= 0.3 is 0 Å². The number of pyridine rings is 1. The Balaban J connectivity index is 1.69. The number of carbonyl (C=O) groups is 3. The first-order chi connectivity index (χ1) is 11.6. The van der Waals surface area contributed by atoms with Gasteiger partial charge in [-0.1, -0.05) is 15.9 Å². The summed E-state index contributed by atoms with van der Waals surface area (Å²) in [5.41, 5.74) is 5.46. The molecule has 0 spiro atoms. The fraction of sp³-hybridized carbons (Fsp3) is 0.125. The lowest BCUT2D eigenvalue weighted by molar-refractivity contribution is -0.121. The van der Waals surface area contributed by atoms with Crippen molar-refractivity contribution in [1.82, 2.24) is 21.2 Å². The Hall–Kier alpha value is -2.74. The zero-order valence-electron chi connectivity index (χ0n) is 12.6. The number of aromatic nitrogens is 1. The number of rotatable bonds is 5. The molecule has 24 heavy (non-hydrogen) atoms. The Labute approximate surface area is 147 Å². The Morgan fingerprint density at radius 3 is 2.17 bits per heavy atom. The molecule has 0 bridgehead atoms. The molecule has 7 nitrogen and oxygen atoms in total. The molecule has 0 atom stereocenters. The summed E-state index contributed by atoms with van der Waals surface area (Å²) in [6.07, 6.45) is 3.00. The van der Waals surface area contributed by atoms with E-state index >= 15 is 0 Å². The van der Waals surface area contributed by atoms with E-state index in [9.17, 15) is 14.4 Å². The van der Waals surface area contributed by atoms with Crippen molar-refractivity contribution in [1.29, 1.82) is 0 Å². The molecule has 1 aromatic heterocycles. The number of amides is 3. The standard InChI is InChI=1S/C16H15BrN4O3/c17-13-3-1-11(2-4-13)15(23)19-10-7-14(22)20-21-16(24)12-5-8-18-9-6-12/h1-6,8-9H,7,10H2,(H,19,23)(H,20,22)(H,21,24). The van der Waals surface area contributed by atoms with Crippen LogP contribution in [0.2, 0.25) is 0 Å². The zero-order valence-corrected chi connectivity index (χ0v) is 14.2. The summed E-state index contributed by atoms with van der Waals surface area (Å²) in [6.45, 7) is 0.159. The molecule has 124 valence electrons. The predicted molar refractivity (Wildman–Crippen MR) is 90.9 cm³/mol. The minimum atomic E-state index is -0.440. The molecule has 3 amide bonds. The maximum Gasteiger partial charge on any atom is 0.269 e. The van der Waals surface area contributed by atoms with E-state index in [4.69, 9.17) is 0 Å². The van der Waals surface area contributed by atoms with Crippen molar-refractivity contribution in [3.63, 3.8) is 0 Å². The van der Waals surface area contributed by atoms with Crippen LogP contribution in [0.25, 0.3) is 0 Å². The quantitative estimate of drug-likeness (QED) is 0.672. The summed E-state index contributed by atoms with van der Waals surface area (Å²) in [5.74, 6) is -1.12. The molecule has 0 saturated heterocycles. The molecule has 0 radical (unpaired) electrons. The van der Waals surface area contributed by atoms with Gasteiger partial charge in [-0.05, 0) is 36.4 Å². The summed E-state index contributed by atoms with van der Waals surface area (Å²) < 4.78 is 0.878. The van der Waals surface area contributed by atoms with Gasteiger partial charge in [-0.3, -0.25) is 30.2 Å². The molecular weight excluding hydrogens is 376 g/mol. The largest absolute Gasteiger partial charge is 0.352 e. The van der Waals surface area contributed by atoms with Crippen molar-refractivity contribution < 1.29 is 14.4 Å². The minimum Gasteiger partial charge on any atom is -0.352 e. The van der Waals surface area contributed by atoms with Crippen molar-refractivity contribution in [2.75, 3.05) is 6.54 Å². The fourth-order valence-electron chi connectivity index (χ4n) is 1.76. The van der Waals surface area contributed by atoms with Crippen LogP contribution >= 0.6 is 15.9 Å². The van der Waals surface area contributed by atoms with E-state index in [1.54, 1.807) is 24.3 Å². The van der Waals surface area contributed by atoms with Crippen LogP contribution in [-0.4, -0.2) is 29.3 Å². The number of carbonyl (C=O) groups excluding carboxylic acids is 3. The molecule has 0 aliphatic carbocycles. The van der Waals surface area contributed by atoms with Crippen molar-refractivity contribution in [2.45, 2.75) is 6.42 Å². The number of nitrogens with one attached hydrogen (secondary N) is 3. The van der Waals surface area contributed by atoms with E-state index in [0.717, 1.165) is 4.47 Å². The second kappa shape index (κ2) is 8.78. The molecule has 1 aromatic carbocycles. The average Bonchev–Trinajstić information content (AvgIpc) is 2.61. The molecule has 0 saturated carbocycles. The van der Waals surface area contributed by atoms with Gasteiger partial charge < -0.3 is 5.32 Å². The van der Waals surface area contributed by atoms with E-state index in [1.165, 1.54) is 24.5 Å². The number of hydrogen-bond acceptors (Lipinski definition) is 4. The highest BCUT2D eigenvalue weighted by atomic mass is 79.9. The monoisotopic (exact) mass is 390 g/mol. The summed E-state index contributed by atoms with van der Waals surface area (Å²) in [5, 5.41) is 2.63. The summed E-state index contributed by atoms with van der Waals surface area (Å²) in [6, 6.07) is 9.93. The molecule has 3 N–H and O–H groups in total. The number of hydrogen-bond donors (Lipinski definition) is 3. The Kier molecular flexibility index (Phi) is 6.44. The van der Waals surface area contributed by atoms with Gasteiger partial charge in [-0.2, -0.15) is 0 Å². The molecular formula is C16H15BrN4O3. The van der Waals surface area contributed by atoms with Gasteiger partial charge in [-0.15, -0.1) is 0 Å². The molecule has 0 aliphatic rings. The van der Waals surface area contributed by atoms with Crippen LogP contribution in [-0.2, 0) is 4.79 Å². The first kappa shape index (κ1) is 17.6. The SMILES string of the molecule is O=C(CCNC(=O)c1ccc(Br)cc1)NNC(=O)c1ccncc1. The van der Waals surface area contributed by atoms with Gasteiger partial charge in [0.25, 0.3) is 11.8 Å². The highest BCUT2D eigenvalue weighted by molar-refractivity contribution is 9.10. The lowest BCUT2D eigenvalue weighted by Crippen LogP contribution is -2.42. The van der Waals surface area contributed by atoms with Crippen LogP contribution in [0, 0.1) is 0 Å². The average molecular weight is 391 g/mol. The van der Waals surface area contributed by atoms with E-state index in [2.05, 4.69) is 37.1 Å². The molecule has 2 rings (SSSR count). The van der Waals surface area contributed by atoms with Crippen molar-refractivity contribution in [2.24, 2.45) is 0 Å². The Morgan fingerprint density at radius 1 is 0.875 bits per heavy atom. The highest BCUT2D eigenvalue weighted by Crippen LogP contribution is 2.10. The predicted octanol–water partition coefficient (Wildman–Crippen LogP) is 1.43. The molecule has 2 aromatic rings. The fourth-order valence-corrected chi connectivity index (χ4v) is 2.02. The Bertz CT molecular complexity index is 720. The highest BCUT2D eigenvalue weighted by Gasteiger charge is 2.08. The van der Waals surface area contributed by atoms with Crippen LogP contribution in [0.5, 0.6) is 0 Å². The van der Waals surface area contributed by atoms with E-state index in [-0.39, 0.29) is 18.9 Å². The number of hydrazine groups is 1. The molecule has 0 fully saturated rings. The lowest BCUT2D eigenvalue weighted by atomic mass is 10.2. The van der Waals surface area contributed by atoms with Gasteiger partial charge in [0.15, 0.2) is 0 Å². The molecule has 0 unspecified atom stereocenters. The molecule has 8 heteroatoms. The maximum absolute atomic E-state index is 11.9. The number of benzene rings is 1. The normalized spacial score (nSPS) is 9.88. The molecule has 0 aliphatic heterocycles. The van der Waals surface area contributed by atoms with Gasteiger partial charge in [0.05, 0.1) is 0 Å². The molecule has 1 heterocycles. The Morgan fingerprint density at radius 2 is 1.50 bits per heavy atom. The second-order valence-corrected chi connectivity index (χ2v) is 5.67. The van der Waals surface area contributed by atoms with Crippen molar-refractivity contribution in [3.05, 3.63) is 64.4 Å². The minimum absolute atomic E-state index is 0.0406. The van der Waals surface area contributed by atoms with E-state index in [1.807, 2.05) is 0 Å². The van der Waals surface area contributed by atoms with Gasteiger partial charge in [0.2, 0.25) is 5.91 Å². The van der Waals surface area contributed by atoms with Crippen LogP contribution in [0.1, 0.15) is 27.1 Å². The summed E-state index contributed by atoms with van der Waals surface area (Å²) >= 11 is 3.29. The lowest BCUT2D eigenvalue weighted by Gasteiger charge is -2.08. The zero-order chi connectivity index (χ0) is 17.4. The summed E-state index contributed by atoms with van der Waals surface area (Å²) in [4.78, 5) is 39.0. The van der Waals surface area contributed by atoms with Crippen molar-refractivity contribution >= 4 is 33.7 Å². The third-order valence-electron chi connectivity index (χ3n) is 3.00. The van der Waals surface area contributed by atoms with Crippen LogP contribution in [0.4, 0.5) is 0 Å². The number of nitrogens with zero attached hydrogens (tertiary/aromatic N) is 1. The summed E-state index contributed by atoms with van der Waals surface area (Å²) in [7, 11) is 0. The van der Waals surface area contributed by atoms with Crippen molar-refractivity contribution in [3.8, 4) is 0 Å². The van der Waals surface area contributed by atoms with Crippen LogP contribution in [0.15, 0.2) is 53.3 Å². The number of halogens is 1. The topological polar surface area (TPSA) is 100 Å².